The number of hydrogen-bond acceptors (Lipinski definition) is 8. The van der Waals surface area contributed by atoms with Gasteiger partial charge in [0.15, 0.2) is 0 Å². The summed E-state index contributed by atoms with van der Waals surface area (Å²) in [5, 5.41) is 5.70. The van der Waals surface area contributed by atoms with E-state index in [4.69, 9.17) is 19.5 Å². The van der Waals surface area contributed by atoms with Crippen molar-refractivity contribution in [1.29, 1.82) is 0 Å². The zero-order chi connectivity index (χ0) is 20.2. The van der Waals surface area contributed by atoms with Crippen LogP contribution >= 0.6 is 23.5 Å². The zero-order valence-electron chi connectivity index (χ0n) is 16.0. The Kier molecular flexibility index (Phi) is 3.97. The van der Waals surface area contributed by atoms with Gasteiger partial charge in [0.1, 0.15) is 10.1 Å². The van der Waals surface area contributed by atoms with Gasteiger partial charge in [-0.1, -0.05) is 47.8 Å². The quantitative estimate of drug-likeness (QED) is 0.403. The highest BCUT2D eigenvalue weighted by atomic mass is 32.2. The molecule has 0 unspecified atom stereocenters. The summed E-state index contributed by atoms with van der Waals surface area (Å²) in [6.45, 7) is 0. The fourth-order valence-electron chi connectivity index (χ4n) is 3.58. The minimum absolute atomic E-state index is 0.573. The van der Waals surface area contributed by atoms with E-state index >= 15 is 0 Å². The number of fused-ring (bicyclic) bond motifs is 8. The zero-order valence-corrected chi connectivity index (χ0v) is 17.7. The van der Waals surface area contributed by atoms with Crippen molar-refractivity contribution >= 4 is 45.7 Å². The van der Waals surface area contributed by atoms with Crippen LogP contribution in [0.3, 0.4) is 0 Å². The van der Waals surface area contributed by atoms with Crippen LogP contribution in [0.15, 0.2) is 78.4 Å². The van der Waals surface area contributed by atoms with Crippen LogP contribution in [-0.4, -0.2) is 24.2 Å². The molecular weight excluding hydrogens is 416 g/mol. The smallest absolute Gasteiger partial charge is 0.214 e. The first-order chi connectivity index (χ1) is 14.7. The number of nitrogens with zero attached hydrogens (tertiary/aromatic N) is 4. The Morgan fingerprint density at radius 3 is 1.53 bits per heavy atom. The fourth-order valence-corrected chi connectivity index (χ4v) is 5.81. The molecule has 0 aliphatic carbocycles. The first kappa shape index (κ1) is 17.7. The molecule has 0 spiro atoms. The van der Waals surface area contributed by atoms with E-state index in [0.29, 0.717) is 11.8 Å². The van der Waals surface area contributed by atoms with Gasteiger partial charge in [-0.3, -0.25) is 0 Å². The summed E-state index contributed by atoms with van der Waals surface area (Å²) in [4.78, 5) is 21.2. The van der Waals surface area contributed by atoms with Crippen molar-refractivity contribution in [3.63, 3.8) is 0 Å². The molecule has 0 amide bonds. The Balaban J connectivity index is 1.70. The molecule has 2 aliphatic heterocycles. The fraction of sp³-hybridized carbons (Fsp3) is 0.0909. The number of pyridine rings is 2. The SMILES string of the molecule is COc1ccc2c(n1)Sc1c3c(c4ccccc4c1=N2)=Nc1ccc(OC)nc1S3. The maximum Gasteiger partial charge on any atom is 0.214 e. The third-order valence-electron chi connectivity index (χ3n) is 4.98. The molecule has 0 saturated carbocycles. The molecule has 0 atom stereocenters. The predicted octanol–water partition coefficient (Wildman–Crippen LogP) is 4.48. The summed E-state index contributed by atoms with van der Waals surface area (Å²) in [6.07, 6.45) is 0. The Bertz CT molecular complexity index is 1380. The molecule has 0 fully saturated rings. The van der Waals surface area contributed by atoms with E-state index in [1.807, 2.05) is 36.4 Å². The van der Waals surface area contributed by atoms with Gasteiger partial charge in [-0.25, -0.2) is 20.0 Å². The first-order valence-electron chi connectivity index (χ1n) is 9.23. The lowest BCUT2D eigenvalue weighted by atomic mass is 10.1. The summed E-state index contributed by atoms with van der Waals surface area (Å²) < 4.78 is 10.6. The summed E-state index contributed by atoms with van der Waals surface area (Å²) in [5.74, 6) is 1.15. The Morgan fingerprint density at radius 2 is 1.10 bits per heavy atom. The largest absolute Gasteiger partial charge is 0.481 e. The van der Waals surface area contributed by atoms with Crippen LogP contribution in [0, 0.1) is 0 Å². The summed E-state index contributed by atoms with van der Waals surface area (Å²) in [5.41, 5.74) is 1.69. The molecule has 2 aromatic heterocycles. The molecule has 4 aromatic rings. The number of ether oxygens (including phenoxy) is 2. The number of methoxy groups -OCH3 is 2. The Labute approximate surface area is 180 Å². The normalized spacial score (nSPS) is 13.3. The lowest BCUT2D eigenvalue weighted by Crippen LogP contribution is -2.21. The van der Waals surface area contributed by atoms with Crippen molar-refractivity contribution in [3.05, 3.63) is 59.2 Å². The molecular formula is C22H14N4O2S2. The van der Waals surface area contributed by atoms with E-state index in [0.717, 1.165) is 52.7 Å². The molecule has 2 aromatic carbocycles. The Morgan fingerprint density at radius 1 is 0.633 bits per heavy atom. The number of rotatable bonds is 2. The van der Waals surface area contributed by atoms with E-state index in [9.17, 15) is 0 Å². The monoisotopic (exact) mass is 430 g/mol. The Hall–Kier alpha value is -3.10. The van der Waals surface area contributed by atoms with Crippen molar-refractivity contribution < 1.29 is 9.47 Å². The summed E-state index contributed by atoms with van der Waals surface area (Å²) in [6, 6.07) is 15.8. The number of benzene rings is 2. The van der Waals surface area contributed by atoms with Gasteiger partial charge < -0.3 is 9.47 Å². The average molecular weight is 431 g/mol. The third-order valence-corrected chi connectivity index (χ3v) is 7.30. The second kappa shape index (κ2) is 6.72. The van der Waals surface area contributed by atoms with Gasteiger partial charge >= 0.3 is 0 Å². The van der Waals surface area contributed by atoms with Gasteiger partial charge in [0, 0.05) is 22.9 Å². The van der Waals surface area contributed by atoms with Crippen LogP contribution in [0.5, 0.6) is 11.8 Å². The van der Waals surface area contributed by atoms with Crippen LogP contribution in [0.25, 0.3) is 10.8 Å². The topological polar surface area (TPSA) is 69.0 Å². The lowest BCUT2D eigenvalue weighted by Gasteiger charge is -2.20. The van der Waals surface area contributed by atoms with Gasteiger partial charge in [0.2, 0.25) is 11.8 Å². The molecule has 146 valence electrons. The molecule has 6 rings (SSSR count). The molecule has 6 nitrogen and oxygen atoms in total. The van der Waals surface area contributed by atoms with Gasteiger partial charge in [0.05, 0.1) is 46.1 Å². The summed E-state index contributed by atoms with van der Waals surface area (Å²) >= 11 is 3.20. The minimum atomic E-state index is 0.573. The van der Waals surface area contributed by atoms with E-state index < -0.39 is 0 Å². The molecule has 0 N–H and O–H groups in total. The lowest BCUT2D eigenvalue weighted by molar-refractivity contribution is 0.394. The molecule has 8 heteroatoms. The first-order valence-corrected chi connectivity index (χ1v) is 10.9. The average Bonchev–Trinajstić information content (AvgIpc) is 2.81. The number of aromatic nitrogens is 2. The van der Waals surface area contributed by atoms with Crippen molar-refractivity contribution in [1.82, 2.24) is 9.97 Å². The van der Waals surface area contributed by atoms with Crippen LogP contribution in [0.4, 0.5) is 11.4 Å². The highest BCUT2D eigenvalue weighted by molar-refractivity contribution is 8.02. The number of hydrogen-bond donors (Lipinski definition) is 0. The minimum Gasteiger partial charge on any atom is -0.481 e. The highest BCUT2D eigenvalue weighted by Crippen LogP contribution is 2.45. The molecule has 30 heavy (non-hydrogen) atoms. The van der Waals surface area contributed by atoms with E-state index in [1.54, 1.807) is 37.7 Å². The van der Waals surface area contributed by atoms with Crippen LogP contribution < -0.4 is 20.2 Å². The molecule has 0 radical (unpaired) electrons. The standard InChI is InChI=1S/C22H14N4O2S2/c1-27-15-9-7-13-21(25-15)29-19-17(23-13)11-5-3-4-6-12(11)18-20(19)30-22-14(24-18)8-10-16(26-22)28-2/h3-10H,1-2H3. The summed E-state index contributed by atoms with van der Waals surface area (Å²) in [7, 11) is 3.24. The maximum absolute atomic E-state index is 5.31. The second-order valence-electron chi connectivity index (χ2n) is 6.68. The van der Waals surface area contributed by atoms with Crippen molar-refractivity contribution in [2.75, 3.05) is 14.2 Å². The van der Waals surface area contributed by atoms with Crippen LogP contribution in [0.2, 0.25) is 0 Å². The molecule has 4 heterocycles. The maximum atomic E-state index is 5.31. The van der Waals surface area contributed by atoms with Crippen LogP contribution in [0.1, 0.15) is 0 Å². The molecule has 2 aliphatic rings. The van der Waals surface area contributed by atoms with Crippen molar-refractivity contribution in [2.24, 2.45) is 9.98 Å². The molecule has 0 saturated heterocycles. The van der Waals surface area contributed by atoms with Crippen molar-refractivity contribution in [2.45, 2.75) is 19.8 Å². The van der Waals surface area contributed by atoms with Gasteiger partial charge in [-0.05, 0) is 12.1 Å². The van der Waals surface area contributed by atoms with E-state index in [1.165, 1.54) is 0 Å². The third kappa shape index (κ3) is 2.60. The van der Waals surface area contributed by atoms with Gasteiger partial charge in [0.25, 0.3) is 0 Å². The van der Waals surface area contributed by atoms with E-state index in [-0.39, 0.29) is 0 Å². The van der Waals surface area contributed by atoms with Crippen LogP contribution in [-0.2, 0) is 0 Å². The van der Waals surface area contributed by atoms with Gasteiger partial charge in [-0.15, -0.1) is 0 Å². The highest BCUT2D eigenvalue weighted by Gasteiger charge is 2.25. The van der Waals surface area contributed by atoms with Gasteiger partial charge in [-0.2, -0.15) is 0 Å². The molecule has 0 bridgehead atoms. The predicted molar refractivity (Wildman–Crippen MR) is 115 cm³/mol. The second-order valence-corrected chi connectivity index (χ2v) is 8.68. The van der Waals surface area contributed by atoms with E-state index in [2.05, 4.69) is 22.1 Å². The van der Waals surface area contributed by atoms with Crippen molar-refractivity contribution in [3.8, 4) is 11.8 Å².